The van der Waals surface area contributed by atoms with Gasteiger partial charge in [0.15, 0.2) is 0 Å². The number of nitrogens with one attached hydrogen (secondary N) is 1. The highest BCUT2D eigenvalue weighted by molar-refractivity contribution is 7.14. The lowest BCUT2D eigenvalue weighted by molar-refractivity contribution is -0.354. The number of rotatable bonds is 2. The lowest BCUT2D eigenvalue weighted by Crippen LogP contribution is -2.01. The molecular weight excluding hydrogens is 192 g/mol. The van der Waals surface area contributed by atoms with E-state index in [1.807, 2.05) is 6.20 Å². The summed E-state index contributed by atoms with van der Waals surface area (Å²) in [5.74, 6) is 0. The molecule has 3 heteroatoms. The predicted octanol–water partition coefficient (Wildman–Crippen LogP) is 2.04. The van der Waals surface area contributed by atoms with Crippen LogP contribution in [0.4, 0.5) is 5.13 Å². The molecule has 0 fully saturated rings. The molecule has 0 unspecified atom stereocenters. The average molecular weight is 205 g/mol. The summed E-state index contributed by atoms with van der Waals surface area (Å²) in [5.41, 5.74) is 8.24. The van der Waals surface area contributed by atoms with Gasteiger partial charge in [-0.25, -0.2) is 4.98 Å². The van der Waals surface area contributed by atoms with E-state index in [0.717, 1.165) is 11.6 Å². The molecule has 3 N–H and O–H groups in total. The molecule has 0 spiro atoms. The topological polar surface area (TPSA) is 40.2 Å². The minimum Gasteiger partial charge on any atom is -0.278 e. The second-order valence-corrected chi connectivity index (χ2v) is 4.55. The van der Waals surface area contributed by atoms with Crippen LogP contribution in [0.5, 0.6) is 0 Å². The van der Waals surface area contributed by atoms with E-state index in [2.05, 4.69) is 36.2 Å². The number of aromatic amines is 1. The Morgan fingerprint density at radius 1 is 1.29 bits per heavy atom. The average Bonchev–Trinajstić information content (AvgIpc) is 2.56. The maximum atomic E-state index is 5.62. The number of aryl methyl sites for hydroxylation is 1. The Morgan fingerprint density at radius 2 is 2.00 bits per heavy atom. The van der Waals surface area contributed by atoms with E-state index >= 15 is 0 Å². The first kappa shape index (κ1) is 9.21. The van der Waals surface area contributed by atoms with Crippen molar-refractivity contribution in [3.05, 3.63) is 46.5 Å². The van der Waals surface area contributed by atoms with E-state index in [1.54, 1.807) is 11.3 Å². The van der Waals surface area contributed by atoms with Crippen molar-refractivity contribution < 1.29 is 4.98 Å². The third-order valence-corrected chi connectivity index (χ3v) is 2.98. The van der Waals surface area contributed by atoms with E-state index in [0.29, 0.717) is 0 Å². The smallest absolute Gasteiger partial charge is 0.278 e. The van der Waals surface area contributed by atoms with Gasteiger partial charge >= 0.3 is 5.13 Å². The fourth-order valence-corrected chi connectivity index (χ4v) is 2.10. The van der Waals surface area contributed by atoms with Crippen molar-refractivity contribution in [1.29, 1.82) is 0 Å². The molecule has 0 aliphatic carbocycles. The van der Waals surface area contributed by atoms with Crippen LogP contribution in [-0.2, 0) is 6.42 Å². The first-order valence-electron chi connectivity index (χ1n) is 4.55. The second-order valence-electron chi connectivity index (χ2n) is 3.38. The zero-order valence-corrected chi connectivity index (χ0v) is 8.90. The monoisotopic (exact) mass is 205 g/mol. The third kappa shape index (κ3) is 2.12. The summed E-state index contributed by atoms with van der Waals surface area (Å²) >= 11 is 1.61. The number of hydrogen-bond donors (Lipinski definition) is 1. The molecule has 2 rings (SSSR count). The fourth-order valence-electron chi connectivity index (χ4n) is 1.35. The number of thiazole rings is 1. The van der Waals surface area contributed by atoms with Crippen LogP contribution < -0.4 is 10.7 Å². The molecule has 0 saturated carbocycles. The van der Waals surface area contributed by atoms with Crippen molar-refractivity contribution >= 4 is 16.5 Å². The summed E-state index contributed by atoms with van der Waals surface area (Å²) < 4.78 is 0. The number of aromatic nitrogens is 1. The Kier molecular flexibility index (Phi) is 2.50. The lowest BCUT2D eigenvalue weighted by atomic mass is 10.1. The second kappa shape index (κ2) is 3.80. The van der Waals surface area contributed by atoms with Gasteiger partial charge in [0.1, 0.15) is 6.20 Å². The van der Waals surface area contributed by atoms with Gasteiger partial charge in [-0.2, -0.15) is 0 Å². The molecular formula is C11H13N2S+. The van der Waals surface area contributed by atoms with Crippen molar-refractivity contribution in [1.82, 2.24) is 0 Å². The van der Waals surface area contributed by atoms with Gasteiger partial charge in [0.25, 0.3) is 0 Å². The molecule has 2 nitrogen and oxygen atoms in total. The molecule has 14 heavy (non-hydrogen) atoms. The van der Waals surface area contributed by atoms with E-state index in [9.17, 15) is 0 Å². The van der Waals surface area contributed by atoms with Crippen molar-refractivity contribution in [3.8, 4) is 0 Å². The largest absolute Gasteiger partial charge is 0.329 e. The Balaban J connectivity index is 2.15. The minimum atomic E-state index is 0.770. The minimum absolute atomic E-state index is 0.770. The van der Waals surface area contributed by atoms with Crippen LogP contribution in [0.3, 0.4) is 0 Å². The molecule has 0 aliphatic rings. The van der Waals surface area contributed by atoms with Crippen LogP contribution in [0.2, 0.25) is 0 Å². The van der Waals surface area contributed by atoms with E-state index in [-0.39, 0.29) is 0 Å². The zero-order chi connectivity index (χ0) is 9.97. The van der Waals surface area contributed by atoms with Crippen molar-refractivity contribution in [2.75, 3.05) is 5.73 Å². The SMILES string of the molecule is Cc1ccc(Cc2c[nH+]c(N)s2)cc1. The van der Waals surface area contributed by atoms with Crippen LogP contribution in [0.15, 0.2) is 30.5 Å². The Bertz CT molecular complexity index is 417. The molecule has 1 aromatic carbocycles. The van der Waals surface area contributed by atoms with Crippen LogP contribution >= 0.6 is 11.3 Å². The molecule has 0 atom stereocenters. The van der Waals surface area contributed by atoms with Crippen LogP contribution in [-0.4, -0.2) is 0 Å². The first-order valence-corrected chi connectivity index (χ1v) is 5.37. The van der Waals surface area contributed by atoms with Gasteiger partial charge in [-0.15, -0.1) is 0 Å². The third-order valence-electron chi connectivity index (χ3n) is 2.12. The van der Waals surface area contributed by atoms with Crippen molar-refractivity contribution in [2.45, 2.75) is 13.3 Å². The van der Waals surface area contributed by atoms with Gasteiger partial charge in [-0.1, -0.05) is 41.2 Å². The molecule has 0 bridgehead atoms. The number of nitrogens with two attached hydrogens (primary N) is 1. The number of anilines is 1. The quantitative estimate of drug-likeness (QED) is 0.800. The maximum Gasteiger partial charge on any atom is 0.329 e. The van der Waals surface area contributed by atoms with Gasteiger partial charge in [0, 0.05) is 6.42 Å². The lowest BCUT2D eigenvalue weighted by Gasteiger charge is -1.97. The number of nitrogen functional groups attached to an aromatic ring is 1. The summed E-state index contributed by atoms with van der Waals surface area (Å²) in [6, 6.07) is 8.59. The van der Waals surface area contributed by atoms with Crippen molar-refractivity contribution in [3.63, 3.8) is 0 Å². The zero-order valence-electron chi connectivity index (χ0n) is 8.08. The van der Waals surface area contributed by atoms with Gasteiger partial charge in [-0.3, -0.25) is 5.73 Å². The van der Waals surface area contributed by atoms with E-state index < -0.39 is 0 Å². The molecule has 0 saturated heterocycles. The van der Waals surface area contributed by atoms with Crippen LogP contribution in [0, 0.1) is 6.92 Å². The normalized spacial score (nSPS) is 10.4. The molecule has 2 aromatic rings. The van der Waals surface area contributed by atoms with E-state index in [1.165, 1.54) is 16.0 Å². The molecule has 0 aliphatic heterocycles. The highest BCUT2D eigenvalue weighted by atomic mass is 32.1. The Hall–Kier alpha value is -1.35. The number of hydrogen-bond acceptors (Lipinski definition) is 2. The highest BCUT2D eigenvalue weighted by Crippen LogP contribution is 2.16. The molecule has 72 valence electrons. The first-order chi connectivity index (χ1) is 6.74. The highest BCUT2D eigenvalue weighted by Gasteiger charge is 2.03. The Labute approximate surface area is 87.4 Å². The summed E-state index contributed by atoms with van der Waals surface area (Å²) in [4.78, 5) is 4.27. The molecule has 0 radical (unpaired) electrons. The van der Waals surface area contributed by atoms with Gasteiger partial charge in [0.2, 0.25) is 0 Å². The predicted molar refractivity (Wildman–Crippen MR) is 59.3 cm³/mol. The van der Waals surface area contributed by atoms with Gasteiger partial charge in [-0.05, 0) is 12.5 Å². The molecule has 1 heterocycles. The molecule has 1 aromatic heterocycles. The van der Waals surface area contributed by atoms with Gasteiger partial charge in [0.05, 0.1) is 4.88 Å². The van der Waals surface area contributed by atoms with E-state index in [4.69, 9.17) is 5.73 Å². The fraction of sp³-hybridized carbons (Fsp3) is 0.182. The number of H-pyrrole nitrogens is 1. The summed E-state index contributed by atoms with van der Waals surface area (Å²) in [7, 11) is 0. The van der Waals surface area contributed by atoms with Crippen molar-refractivity contribution in [2.24, 2.45) is 0 Å². The number of benzene rings is 1. The summed E-state index contributed by atoms with van der Waals surface area (Å²) in [6.07, 6.45) is 2.93. The van der Waals surface area contributed by atoms with Crippen LogP contribution in [0.25, 0.3) is 0 Å². The summed E-state index contributed by atoms with van der Waals surface area (Å²) in [6.45, 7) is 2.10. The van der Waals surface area contributed by atoms with Crippen LogP contribution in [0.1, 0.15) is 16.0 Å². The Morgan fingerprint density at radius 3 is 2.57 bits per heavy atom. The standard InChI is InChI=1S/C11H12N2S/c1-8-2-4-9(5-3-8)6-10-7-13-11(12)14-10/h2-5,7H,6H2,1H3,(H2,12,13)/p+1. The van der Waals surface area contributed by atoms with Gasteiger partial charge < -0.3 is 0 Å². The summed E-state index contributed by atoms with van der Waals surface area (Å²) in [5, 5.41) is 0.770. The maximum absolute atomic E-state index is 5.62. The molecule has 0 amide bonds.